The molecular formula is C31H33N3O4S. The number of aromatic nitrogens is 1. The third-order valence-electron chi connectivity index (χ3n) is 6.44. The quantitative estimate of drug-likeness (QED) is 0.245. The van der Waals surface area contributed by atoms with Crippen LogP contribution in [0.4, 0.5) is 5.00 Å². The largest absolute Gasteiger partial charge is 0.459 e. The molecule has 4 aromatic rings. The standard InChI is InChI=1S/C31H33N3O4S/c1-7-34(8-2)30(36)27-20(6)26(31(37)38-18(3)4)29(39-27)33-28(35)23-17-25(21-13-11-12-19(5)16-21)32-24-15-10-9-14-22(23)24/h9-18H,7-8H2,1-6H3,(H,33,35). The fourth-order valence-corrected chi connectivity index (χ4v) is 5.62. The highest BCUT2D eigenvalue weighted by Gasteiger charge is 2.29. The van der Waals surface area contributed by atoms with Crippen LogP contribution in [0, 0.1) is 13.8 Å². The Hall–Kier alpha value is -4.04. The zero-order valence-electron chi connectivity index (χ0n) is 23.1. The van der Waals surface area contributed by atoms with E-state index in [1.165, 1.54) is 0 Å². The van der Waals surface area contributed by atoms with Crippen molar-refractivity contribution in [1.29, 1.82) is 0 Å². The van der Waals surface area contributed by atoms with E-state index in [9.17, 15) is 14.4 Å². The highest BCUT2D eigenvalue weighted by atomic mass is 32.1. The van der Waals surface area contributed by atoms with Gasteiger partial charge in [0.05, 0.1) is 33.3 Å². The van der Waals surface area contributed by atoms with Crippen LogP contribution in [0.3, 0.4) is 0 Å². The zero-order chi connectivity index (χ0) is 28.3. The van der Waals surface area contributed by atoms with Crippen molar-refractivity contribution in [1.82, 2.24) is 9.88 Å². The first kappa shape index (κ1) is 28.0. The normalized spacial score (nSPS) is 11.1. The summed E-state index contributed by atoms with van der Waals surface area (Å²) in [5.74, 6) is -1.16. The lowest BCUT2D eigenvalue weighted by Gasteiger charge is -2.18. The number of para-hydroxylation sites is 1. The molecule has 2 aromatic heterocycles. The Morgan fingerprint density at radius 2 is 1.72 bits per heavy atom. The highest BCUT2D eigenvalue weighted by Crippen LogP contribution is 2.36. The van der Waals surface area contributed by atoms with E-state index < -0.39 is 11.9 Å². The summed E-state index contributed by atoms with van der Waals surface area (Å²) in [5, 5.41) is 3.91. The lowest BCUT2D eigenvalue weighted by Crippen LogP contribution is -2.30. The minimum atomic E-state index is -0.576. The van der Waals surface area contributed by atoms with Gasteiger partial charge in [-0.05, 0) is 65.3 Å². The molecule has 0 fully saturated rings. The molecule has 0 spiro atoms. The van der Waals surface area contributed by atoms with Gasteiger partial charge >= 0.3 is 5.97 Å². The van der Waals surface area contributed by atoms with Gasteiger partial charge < -0.3 is 15.0 Å². The molecule has 2 heterocycles. The lowest BCUT2D eigenvalue weighted by molar-refractivity contribution is 0.0379. The predicted octanol–water partition coefficient (Wildman–Crippen LogP) is 6.88. The summed E-state index contributed by atoms with van der Waals surface area (Å²) < 4.78 is 5.49. The first-order valence-electron chi connectivity index (χ1n) is 13.1. The molecule has 0 radical (unpaired) electrons. The average Bonchev–Trinajstić information content (AvgIpc) is 3.23. The van der Waals surface area contributed by atoms with Gasteiger partial charge in [0.25, 0.3) is 11.8 Å². The van der Waals surface area contributed by atoms with Crippen LogP contribution in [-0.2, 0) is 4.74 Å². The molecule has 0 bridgehead atoms. The average molecular weight is 544 g/mol. The number of esters is 1. The number of fused-ring (bicyclic) bond motifs is 1. The van der Waals surface area contributed by atoms with Crippen LogP contribution < -0.4 is 5.32 Å². The Bertz CT molecular complexity index is 1550. The maximum absolute atomic E-state index is 13.8. The van der Waals surface area contributed by atoms with Crippen molar-refractivity contribution in [3.63, 3.8) is 0 Å². The number of ether oxygens (including phenoxy) is 1. The van der Waals surface area contributed by atoms with Crippen LogP contribution in [0.5, 0.6) is 0 Å². The Morgan fingerprint density at radius 1 is 1.00 bits per heavy atom. The van der Waals surface area contributed by atoms with Gasteiger partial charge in [0, 0.05) is 24.0 Å². The molecule has 7 nitrogen and oxygen atoms in total. The number of nitrogens with one attached hydrogen (secondary N) is 1. The van der Waals surface area contributed by atoms with E-state index in [-0.39, 0.29) is 22.6 Å². The Kier molecular flexibility index (Phi) is 8.45. The predicted molar refractivity (Wildman–Crippen MR) is 157 cm³/mol. The summed E-state index contributed by atoms with van der Waals surface area (Å²) >= 11 is 1.10. The molecule has 1 N–H and O–H groups in total. The molecule has 2 aromatic carbocycles. The van der Waals surface area contributed by atoms with Crippen LogP contribution in [0.2, 0.25) is 0 Å². The van der Waals surface area contributed by atoms with E-state index in [0.29, 0.717) is 45.7 Å². The van der Waals surface area contributed by atoms with Crippen LogP contribution >= 0.6 is 11.3 Å². The topological polar surface area (TPSA) is 88.6 Å². The van der Waals surface area contributed by atoms with Crippen molar-refractivity contribution in [3.05, 3.63) is 81.7 Å². The number of carbonyl (C=O) groups excluding carboxylic acids is 3. The van der Waals surface area contributed by atoms with Gasteiger partial charge in [-0.25, -0.2) is 9.78 Å². The first-order valence-corrected chi connectivity index (χ1v) is 13.9. The molecule has 0 unspecified atom stereocenters. The van der Waals surface area contributed by atoms with Gasteiger partial charge in [0.15, 0.2) is 0 Å². The molecule has 0 saturated carbocycles. The number of hydrogen-bond donors (Lipinski definition) is 1. The van der Waals surface area contributed by atoms with E-state index in [0.717, 1.165) is 22.5 Å². The van der Waals surface area contributed by atoms with E-state index in [2.05, 4.69) is 5.32 Å². The number of anilines is 1. The molecule has 0 atom stereocenters. The van der Waals surface area contributed by atoms with Crippen molar-refractivity contribution in [3.8, 4) is 11.3 Å². The molecule has 39 heavy (non-hydrogen) atoms. The van der Waals surface area contributed by atoms with Crippen LogP contribution in [0.15, 0.2) is 54.6 Å². The maximum atomic E-state index is 13.8. The minimum Gasteiger partial charge on any atom is -0.459 e. The van der Waals surface area contributed by atoms with E-state index >= 15 is 0 Å². The highest BCUT2D eigenvalue weighted by molar-refractivity contribution is 7.18. The van der Waals surface area contributed by atoms with Gasteiger partial charge in [0.1, 0.15) is 5.00 Å². The monoisotopic (exact) mass is 543 g/mol. The second-order valence-electron chi connectivity index (χ2n) is 9.59. The molecule has 0 aliphatic heterocycles. The molecule has 202 valence electrons. The molecule has 0 aliphatic rings. The Morgan fingerprint density at radius 3 is 2.38 bits per heavy atom. The van der Waals surface area contributed by atoms with Crippen molar-refractivity contribution < 1.29 is 19.1 Å². The number of hydrogen-bond acceptors (Lipinski definition) is 6. The SMILES string of the molecule is CCN(CC)C(=O)c1sc(NC(=O)c2cc(-c3cccc(C)c3)nc3ccccc23)c(C(=O)OC(C)C)c1C. The van der Waals surface area contributed by atoms with Crippen LogP contribution in [-0.4, -0.2) is 46.9 Å². The van der Waals surface area contributed by atoms with Crippen molar-refractivity contribution in [2.75, 3.05) is 18.4 Å². The Labute approximate surface area is 232 Å². The summed E-state index contributed by atoms with van der Waals surface area (Å²) in [6, 6.07) is 17.2. The van der Waals surface area contributed by atoms with Gasteiger partial charge in [0.2, 0.25) is 0 Å². The molecule has 4 rings (SSSR count). The van der Waals surface area contributed by atoms with E-state index in [1.54, 1.807) is 31.7 Å². The molecule has 0 saturated heterocycles. The number of nitrogens with zero attached hydrogens (tertiary/aromatic N) is 2. The molecular weight excluding hydrogens is 510 g/mol. The smallest absolute Gasteiger partial charge is 0.341 e. The lowest BCUT2D eigenvalue weighted by atomic mass is 10.0. The van der Waals surface area contributed by atoms with Crippen LogP contribution in [0.1, 0.15) is 69.2 Å². The molecule has 8 heteroatoms. The fraction of sp³-hybridized carbons (Fsp3) is 0.290. The second-order valence-corrected chi connectivity index (χ2v) is 10.6. The second kappa shape index (κ2) is 11.8. The summed E-state index contributed by atoms with van der Waals surface area (Å²) in [5.41, 5.74) is 4.45. The molecule has 0 aliphatic carbocycles. The Balaban J connectivity index is 1.82. The minimum absolute atomic E-state index is 0.183. The van der Waals surface area contributed by atoms with E-state index in [1.807, 2.05) is 69.3 Å². The summed E-state index contributed by atoms with van der Waals surface area (Å²) in [6.07, 6.45) is -0.358. The number of aryl methyl sites for hydroxylation is 1. The van der Waals surface area contributed by atoms with E-state index in [4.69, 9.17) is 9.72 Å². The van der Waals surface area contributed by atoms with Gasteiger partial charge in [-0.1, -0.05) is 42.0 Å². The van der Waals surface area contributed by atoms with Gasteiger partial charge in [-0.3, -0.25) is 9.59 Å². The van der Waals surface area contributed by atoms with Gasteiger partial charge in [-0.2, -0.15) is 0 Å². The first-order chi connectivity index (χ1) is 18.6. The zero-order valence-corrected chi connectivity index (χ0v) is 23.9. The summed E-state index contributed by atoms with van der Waals surface area (Å²) in [4.78, 5) is 47.1. The van der Waals surface area contributed by atoms with Crippen molar-refractivity contribution >= 4 is 45.0 Å². The number of carbonyl (C=O) groups is 3. The molecule has 2 amide bonds. The third kappa shape index (κ3) is 5.86. The fourth-order valence-electron chi connectivity index (χ4n) is 4.46. The third-order valence-corrected chi connectivity index (χ3v) is 7.64. The van der Waals surface area contributed by atoms with Gasteiger partial charge in [-0.15, -0.1) is 11.3 Å². The summed E-state index contributed by atoms with van der Waals surface area (Å²) in [7, 11) is 0. The number of amides is 2. The summed E-state index contributed by atoms with van der Waals surface area (Å²) in [6.45, 7) is 12.1. The number of rotatable bonds is 8. The van der Waals surface area contributed by atoms with Crippen LogP contribution in [0.25, 0.3) is 22.2 Å². The van der Waals surface area contributed by atoms with Crippen molar-refractivity contribution in [2.24, 2.45) is 0 Å². The maximum Gasteiger partial charge on any atom is 0.341 e. The number of pyridine rings is 1. The number of benzene rings is 2. The van der Waals surface area contributed by atoms with Crippen molar-refractivity contribution in [2.45, 2.75) is 47.6 Å². The number of thiophene rings is 1.